The van der Waals surface area contributed by atoms with Gasteiger partial charge in [0.2, 0.25) is 0 Å². The number of aliphatic hydroxyl groups is 3. The van der Waals surface area contributed by atoms with Crippen LogP contribution in [0.3, 0.4) is 0 Å². The predicted molar refractivity (Wildman–Crippen MR) is 114 cm³/mol. The lowest BCUT2D eigenvalue weighted by atomic mass is 9.89. The molecule has 0 saturated carbocycles. The molecule has 0 aromatic heterocycles. The molecular weight excluding hydrogens is 380 g/mol. The summed E-state index contributed by atoms with van der Waals surface area (Å²) in [4.78, 5) is 0. The molecule has 0 aromatic rings. The van der Waals surface area contributed by atoms with Crippen LogP contribution in [0.25, 0.3) is 0 Å². The molecular formula is C21H44O6S. The highest BCUT2D eigenvalue weighted by atomic mass is 32.2. The van der Waals surface area contributed by atoms with Gasteiger partial charge >= 0.3 is 0 Å². The zero-order valence-electron chi connectivity index (χ0n) is 17.8. The van der Waals surface area contributed by atoms with Crippen LogP contribution in [0, 0.1) is 0 Å². The highest BCUT2D eigenvalue weighted by Crippen LogP contribution is 2.25. The first kappa shape index (κ1) is 27.8. The quantitative estimate of drug-likeness (QED) is 0.129. The van der Waals surface area contributed by atoms with Gasteiger partial charge in [-0.25, -0.2) is 0 Å². The fourth-order valence-electron chi connectivity index (χ4n) is 3.64. The monoisotopic (exact) mass is 424 g/mol. The Balaban J connectivity index is 3.69. The van der Waals surface area contributed by atoms with E-state index < -0.39 is 27.8 Å². The minimum Gasteiger partial charge on any atom is -0.390 e. The average molecular weight is 425 g/mol. The second-order valence-corrected chi connectivity index (χ2v) is 9.86. The maximum absolute atomic E-state index is 10.9. The first-order chi connectivity index (χ1) is 13.2. The third-order valence-electron chi connectivity index (χ3n) is 5.38. The summed E-state index contributed by atoms with van der Waals surface area (Å²) in [5.41, 5.74) is -1.47. The molecule has 6 nitrogen and oxygen atoms in total. The molecule has 0 aliphatic rings. The molecule has 0 bridgehead atoms. The maximum Gasteiger partial charge on any atom is 0.264 e. The van der Waals surface area contributed by atoms with Crippen molar-refractivity contribution in [2.24, 2.45) is 0 Å². The largest absolute Gasteiger partial charge is 0.390 e. The molecule has 170 valence electrons. The molecule has 0 aliphatic heterocycles. The summed E-state index contributed by atoms with van der Waals surface area (Å²) in [6.07, 6.45) is 15.2. The molecule has 0 aromatic carbocycles. The Kier molecular flexibility index (Phi) is 16.4. The minimum atomic E-state index is -4.17. The Hall–Kier alpha value is -0.210. The fraction of sp³-hybridized carbons (Fsp3) is 1.00. The summed E-state index contributed by atoms with van der Waals surface area (Å²) in [5, 5.41) is 28.7. The Morgan fingerprint density at radius 3 is 1.46 bits per heavy atom. The fourth-order valence-corrected chi connectivity index (χ4v) is 4.27. The number of rotatable bonds is 20. The smallest absolute Gasteiger partial charge is 0.264 e. The van der Waals surface area contributed by atoms with Crippen LogP contribution in [-0.2, 0) is 10.1 Å². The van der Waals surface area contributed by atoms with Crippen LogP contribution in [0.2, 0.25) is 0 Å². The lowest BCUT2D eigenvalue weighted by Crippen LogP contribution is -2.35. The number of unbranched alkanes of at least 4 members (excludes halogenated alkanes) is 13. The van der Waals surface area contributed by atoms with Gasteiger partial charge in [0.1, 0.15) is 0 Å². The SMILES string of the molecule is CCCCCCCCCCCCCCCCC(O)(CCS(=O)(=O)O)CC(O)O. The zero-order valence-corrected chi connectivity index (χ0v) is 18.6. The second kappa shape index (κ2) is 16.6. The summed E-state index contributed by atoms with van der Waals surface area (Å²) < 4.78 is 30.6. The summed E-state index contributed by atoms with van der Waals surface area (Å²) in [6.45, 7) is 2.24. The third-order valence-corrected chi connectivity index (χ3v) is 6.10. The lowest BCUT2D eigenvalue weighted by Gasteiger charge is -2.28. The van der Waals surface area contributed by atoms with Gasteiger partial charge < -0.3 is 15.3 Å². The molecule has 0 spiro atoms. The highest BCUT2D eigenvalue weighted by Gasteiger charge is 2.30. The summed E-state index contributed by atoms with van der Waals surface area (Å²) in [6, 6.07) is 0. The van der Waals surface area contributed by atoms with E-state index in [1.165, 1.54) is 64.2 Å². The van der Waals surface area contributed by atoms with Crippen molar-refractivity contribution in [3.05, 3.63) is 0 Å². The number of aliphatic hydroxyl groups excluding tert-OH is 1. The van der Waals surface area contributed by atoms with Crippen LogP contribution >= 0.6 is 0 Å². The standard InChI is InChI=1S/C21H44O6S/c1-2-3-4-5-6-7-8-9-10-11-12-13-14-15-16-21(24,19-20(22)23)17-18-28(25,26)27/h20,22-24H,2-19H2,1H3,(H,25,26,27). The molecule has 0 amide bonds. The van der Waals surface area contributed by atoms with E-state index >= 15 is 0 Å². The van der Waals surface area contributed by atoms with E-state index in [1.54, 1.807) is 0 Å². The van der Waals surface area contributed by atoms with Crippen molar-refractivity contribution in [3.63, 3.8) is 0 Å². The highest BCUT2D eigenvalue weighted by molar-refractivity contribution is 7.85. The van der Waals surface area contributed by atoms with E-state index in [0.717, 1.165) is 19.3 Å². The Morgan fingerprint density at radius 1 is 0.714 bits per heavy atom. The van der Waals surface area contributed by atoms with Gasteiger partial charge in [-0.1, -0.05) is 96.8 Å². The molecule has 0 fully saturated rings. The summed E-state index contributed by atoms with van der Waals surface area (Å²) in [5.74, 6) is -0.575. The molecule has 28 heavy (non-hydrogen) atoms. The molecule has 1 unspecified atom stereocenters. The first-order valence-electron chi connectivity index (χ1n) is 11.2. The molecule has 0 heterocycles. The molecule has 0 rings (SSSR count). The third kappa shape index (κ3) is 19.1. The topological polar surface area (TPSA) is 115 Å². The van der Waals surface area contributed by atoms with Gasteiger partial charge in [0.05, 0.1) is 11.4 Å². The summed E-state index contributed by atoms with van der Waals surface area (Å²) in [7, 11) is -4.17. The normalized spacial score (nSPS) is 14.5. The van der Waals surface area contributed by atoms with Crippen molar-refractivity contribution < 1.29 is 28.3 Å². The van der Waals surface area contributed by atoms with Crippen LogP contribution in [0.1, 0.15) is 116 Å². The van der Waals surface area contributed by atoms with E-state index in [0.29, 0.717) is 12.8 Å². The van der Waals surface area contributed by atoms with Gasteiger partial charge in [-0.05, 0) is 12.8 Å². The first-order valence-corrected chi connectivity index (χ1v) is 12.8. The van der Waals surface area contributed by atoms with Crippen molar-refractivity contribution in [2.45, 2.75) is 128 Å². The zero-order chi connectivity index (χ0) is 21.3. The van der Waals surface area contributed by atoms with Gasteiger partial charge in [0.15, 0.2) is 6.29 Å². The number of hydrogen-bond acceptors (Lipinski definition) is 5. The number of hydrogen-bond donors (Lipinski definition) is 4. The van der Waals surface area contributed by atoms with Gasteiger partial charge in [-0.15, -0.1) is 0 Å². The van der Waals surface area contributed by atoms with Gasteiger partial charge in [0, 0.05) is 6.42 Å². The Bertz CT molecular complexity index is 452. The van der Waals surface area contributed by atoms with Gasteiger partial charge in [-0.2, -0.15) is 8.42 Å². The Morgan fingerprint density at radius 2 is 1.11 bits per heavy atom. The molecule has 0 saturated heterocycles. The van der Waals surface area contributed by atoms with Crippen LogP contribution < -0.4 is 0 Å². The Labute approximate surface area is 172 Å². The van der Waals surface area contributed by atoms with Crippen molar-refractivity contribution in [1.82, 2.24) is 0 Å². The molecule has 0 aliphatic carbocycles. The maximum atomic E-state index is 10.9. The van der Waals surface area contributed by atoms with Crippen molar-refractivity contribution >= 4 is 10.1 Å². The van der Waals surface area contributed by atoms with Crippen LogP contribution in [-0.4, -0.2) is 45.9 Å². The molecule has 7 heteroatoms. The van der Waals surface area contributed by atoms with Crippen LogP contribution in [0.5, 0.6) is 0 Å². The second-order valence-electron chi connectivity index (χ2n) is 8.29. The van der Waals surface area contributed by atoms with E-state index in [9.17, 15) is 13.5 Å². The predicted octanol–water partition coefficient (Wildman–Crippen LogP) is 4.57. The van der Waals surface area contributed by atoms with E-state index in [4.69, 9.17) is 14.8 Å². The summed E-state index contributed by atoms with van der Waals surface area (Å²) >= 11 is 0. The minimum absolute atomic E-state index is 0.193. The van der Waals surface area contributed by atoms with Crippen LogP contribution in [0.15, 0.2) is 0 Å². The average Bonchev–Trinajstić information content (AvgIpc) is 2.59. The van der Waals surface area contributed by atoms with Gasteiger partial charge in [0.25, 0.3) is 10.1 Å². The van der Waals surface area contributed by atoms with Crippen molar-refractivity contribution in [3.8, 4) is 0 Å². The van der Waals surface area contributed by atoms with E-state index in [1.807, 2.05) is 0 Å². The molecule has 4 N–H and O–H groups in total. The van der Waals surface area contributed by atoms with Gasteiger partial charge in [-0.3, -0.25) is 4.55 Å². The molecule has 0 radical (unpaired) electrons. The lowest BCUT2D eigenvalue weighted by molar-refractivity contribution is -0.107. The van der Waals surface area contributed by atoms with E-state index in [2.05, 4.69) is 6.92 Å². The van der Waals surface area contributed by atoms with Crippen molar-refractivity contribution in [2.75, 3.05) is 5.75 Å². The van der Waals surface area contributed by atoms with Crippen molar-refractivity contribution in [1.29, 1.82) is 0 Å². The van der Waals surface area contributed by atoms with Crippen LogP contribution in [0.4, 0.5) is 0 Å². The molecule has 1 atom stereocenters. The van der Waals surface area contributed by atoms with E-state index in [-0.39, 0.29) is 12.8 Å².